The number of rotatable bonds is 9. The van der Waals surface area contributed by atoms with E-state index in [9.17, 15) is 8.42 Å². The van der Waals surface area contributed by atoms with E-state index in [1.807, 2.05) is 53.5 Å². The van der Waals surface area contributed by atoms with E-state index in [1.165, 1.54) is 12.1 Å². The van der Waals surface area contributed by atoms with Gasteiger partial charge in [-0.3, -0.25) is 5.01 Å². The van der Waals surface area contributed by atoms with E-state index >= 15 is 0 Å². The number of nitrogens with two attached hydrogens (primary N) is 1. The molecule has 9 heteroatoms. The zero-order chi connectivity index (χ0) is 24.1. The number of nitrogens with zero attached hydrogens (tertiary/aromatic N) is 2. The van der Waals surface area contributed by atoms with E-state index in [1.54, 1.807) is 26.4 Å². The highest BCUT2D eigenvalue weighted by atomic mass is 32.2. The van der Waals surface area contributed by atoms with Crippen molar-refractivity contribution in [2.24, 2.45) is 10.2 Å². The summed E-state index contributed by atoms with van der Waals surface area (Å²) in [6.45, 7) is 1.01. The average molecular weight is 482 g/mol. The number of primary sulfonamides is 1. The Kier molecular flexibility index (Phi) is 7.16. The third-order valence-corrected chi connectivity index (χ3v) is 6.51. The summed E-state index contributed by atoms with van der Waals surface area (Å²) in [5.41, 5.74) is 3.73. The molecule has 1 unspecified atom stereocenters. The van der Waals surface area contributed by atoms with Crippen molar-refractivity contribution in [1.29, 1.82) is 0 Å². The Hall–Kier alpha value is -3.40. The lowest BCUT2D eigenvalue weighted by Gasteiger charge is -2.24. The Morgan fingerprint density at radius 2 is 1.56 bits per heavy atom. The first-order valence-corrected chi connectivity index (χ1v) is 12.3. The maximum Gasteiger partial charge on any atom is 0.238 e. The lowest BCUT2D eigenvalue weighted by Crippen LogP contribution is -2.19. The highest BCUT2D eigenvalue weighted by Gasteiger charge is 2.30. The van der Waals surface area contributed by atoms with Crippen LogP contribution in [0.25, 0.3) is 0 Å². The molecule has 0 bridgehead atoms. The summed E-state index contributed by atoms with van der Waals surface area (Å²) in [5, 5.41) is 12.1. The molecule has 0 aliphatic carbocycles. The summed E-state index contributed by atoms with van der Waals surface area (Å²) >= 11 is 0. The van der Waals surface area contributed by atoms with Crippen molar-refractivity contribution in [2.75, 3.05) is 32.4 Å². The van der Waals surface area contributed by atoms with Crippen LogP contribution in [0, 0.1) is 0 Å². The highest BCUT2D eigenvalue weighted by molar-refractivity contribution is 7.89. The molecular formula is C25H27N3O5S. The van der Waals surface area contributed by atoms with Crippen molar-refractivity contribution in [3.8, 4) is 11.5 Å². The summed E-state index contributed by atoms with van der Waals surface area (Å²) in [6, 6.07) is 22.0. The third kappa shape index (κ3) is 5.39. The van der Waals surface area contributed by atoms with Crippen molar-refractivity contribution in [3.05, 3.63) is 83.9 Å². The quantitative estimate of drug-likeness (QED) is 0.467. The molecule has 0 saturated carbocycles. The fourth-order valence-corrected chi connectivity index (χ4v) is 4.30. The van der Waals surface area contributed by atoms with Gasteiger partial charge in [-0.25, -0.2) is 13.6 Å². The van der Waals surface area contributed by atoms with Gasteiger partial charge in [-0.15, -0.1) is 0 Å². The molecule has 0 saturated heterocycles. The first kappa shape index (κ1) is 23.7. The molecule has 0 aromatic heterocycles. The van der Waals surface area contributed by atoms with Crippen LogP contribution in [0.4, 0.5) is 5.69 Å². The summed E-state index contributed by atoms with van der Waals surface area (Å²) in [6.07, 6.45) is 0.674. The minimum absolute atomic E-state index is 0.0599. The van der Waals surface area contributed by atoms with Gasteiger partial charge >= 0.3 is 0 Å². The normalized spacial score (nSPS) is 15.8. The van der Waals surface area contributed by atoms with Crippen LogP contribution in [-0.2, 0) is 14.8 Å². The maximum atomic E-state index is 11.7. The van der Waals surface area contributed by atoms with Crippen LogP contribution in [0.5, 0.6) is 11.5 Å². The molecule has 3 aromatic rings. The fourth-order valence-electron chi connectivity index (χ4n) is 3.78. The van der Waals surface area contributed by atoms with Crippen LogP contribution >= 0.6 is 0 Å². The molecule has 0 fully saturated rings. The van der Waals surface area contributed by atoms with Gasteiger partial charge in [-0.2, -0.15) is 5.10 Å². The van der Waals surface area contributed by atoms with Gasteiger partial charge in [0.05, 0.1) is 36.1 Å². The number of hydrazone groups is 1. The molecule has 1 aliphatic rings. The van der Waals surface area contributed by atoms with E-state index in [0.29, 0.717) is 19.6 Å². The van der Waals surface area contributed by atoms with Crippen LogP contribution < -0.4 is 19.6 Å². The molecule has 34 heavy (non-hydrogen) atoms. The monoisotopic (exact) mass is 481 g/mol. The van der Waals surface area contributed by atoms with Gasteiger partial charge in [-0.1, -0.05) is 12.1 Å². The zero-order valence-electron chi connectivity index (χ0n) is 19.0. The van der Waals surface area contributed by atoms with Crippen LogP contribution in [0.1, 0.15) is 23.6 Å². The summed E-state index contributed by atoms with van der Waals surface area (Å²) < 4.78 is 39.3. The Balaban J connectivity index is 1.64. The second-order valence-corrected chi connectivity index (χ2v) is 9.35. The number of hydrogen-bond donors (Lipinski definition) is 1. The number of ether oxygens (including phenoxy) is 3. The molecule has 0 amide bonds. The molecule has 4 rings (SSSR count). The SMILES string of the molecule is COCCOc1ccc(C2=NN(c3ccc(S(N)(=O)=O)cc3)C(c3ccc(OC)cc3)C2)cc1. The van der Waals surface area contributed by atoms with E-state index < -0.39 is 10.0 Å². The van der Waals surface area contributed by atoms with Crippen LogP contribution in [0.15, 0.2) is 82.8 Å². The van der Waals surface area contributed by atoms with Crippen LogP contribution in [0.2, 0.25) is 0 Å². The molecule has 8 nitrogen and oxygen atoms in total. The van der Waals surface area contributed by atoms with Crippen molar-refractivity contribution in [2.45, 2.75) is 17.4 Å². The van der Waals surface area contributed by atoms with Gasteiger partial charge in [0.25, 0.3) is 0 Å². The number of hydrogen-bond acceptors (Lipinski definition) is 7. The predicted molar refractivity (Wildman–Crippen MR) is 131 cm³/mol. The predicted octanol–water partition coefficient (Wildman–Crippen LogP) is 3.72. The van der Waals surface area contributed by atoms with Crippen molar-refractivity contribution in [3.63, 3.8) is 0 Å². The topological polar surface area (TPSA) is 103 Å². The average Bonchev–Trinajstić information content (AvgIpc) is 3.30. The van der Waals surface area contributed by atoms with Gasteiger partial charge < -0.3 is 14.2 Å². The number of methoxy groups -OCH3 is 2. The Morgan fingerprint density at radius 3 is 2.15 bits per heavy atom. The Labute approximate surface area is 199 Å². The Morgan fingerprint density at radius 1 is 0.912 bits per heavy atom. The fraction of sp³-hybridized carbons (Fsp3) is 0.240. The standard InChI is InChI=1S/C25H27N3O5S/c1-31-15-16-33-22-11-3-18(4-12-22)24-17-25(19-5-9-21(32-2)10-6-19)28(27-24)20-7-13-23(14-8-20)34(26,29)30/h3-14,25H,15-17H2,1-2H3,(H2,26,29,30). The van der Waals surface area contributed by atoms with Gasteiger partial charge in [0, 0.05) is 13.5 Å². The molecule has 1 heterocycles. The van der Waals surface area contributed by atoms with Gasteiger partial charge in [0.2, 0.25) is 10.0 Å². The second kappa shape index (κ2) is 10.3. The highest BCUT2D eigenvalue weighted by Crippen LogP contribution is 2.37. The smallest absolute Gasteiger partial charge is 0.238 e. The van der Waals surface area contributed by atoms with E-state index in [2.05, 4.69) is 0 Å². The molecule has 1 atom stereocenters. The minimum Gasteiger partial charge on any atom is -0.497 e. The van der Waals surface area contributed by atoms with E-state index in [0.717, 1.165) is 34.0 Å². The molecule has 2 N–H and O–H groups in total. The van der Waals surface area contributed by atoms with Crippen molar-refractivity contribution >= 4 is 21.4 Å². The molecule has 0 spiro atoms. The van der Waals surface area contributed by atoms with Gasteiger partial charge in [0.15, 0.2) is 0 Å². The second-order valence-electron chi connectivity index (χ2n) is 7.79. The van der Waals surface area contributed by atoms with Crippen LogP contribution in [-0.4, -0.2) is 41.6 Å². The maximum absolute atomic E-state index is 11.7. The van der Waals surface area contributed by atoms with Crippen molar-refractivity contribution in [1.82, 2.24) is 0 Å². The lowest BCUT2D eigenvalue weighted by molar-refractivity contribution is 0.146. The molecule has 3 aromatic carbocycles. The van der Waals surface area contributed by atoms with Gasteiger partial charge in [-0.05, 0) is 71.8 Å². The molecule has 1 aliphatic heterocycles. The molecule has 178 valence electrons. The Bertz CT molecular complexity index is 1240. The van der Waals surface area contributed by atoms with Gasteiger partial charge in [0.1, 0.15) is 18.1 Å². The van der Waals surface area contributed by atoms with Crippen LogP contribution in [0.3, 0.4) is 0 Å². The lowest BCUT2D eigenvalue weighted by atomic mass is 9.98. The van der Waals surface area contributed by atoms with E-state index in [-0.39, 0.29) is 10.9 Å². The first-order chi connectivity index (χ1) is 16.4. The molecular weight excluding hydrogens is 454 g/mol. The summed E-state index contributed by atoms with van der Waals surface area (Å²) in [4.78, 5) is 0.0599. The number of anilines is 1. The number of benzene rings is 3. The van der Waals surface area contributed by atoms with Crippen molar-refractivity contribution < 1.29 is 22.6 Å². The minimum atomic E-state index is -3.77. The zero-order valence-corrected chi connectivity index (χ0v) is 19.9. The summed E-state index contributed by atoms with van der Waals surface area (Å²) in [7, 11) is -0.501. The summed E-state index contributed by atoms with van der Waals surface area (Å²) in [5.74, 6) is 1.54. The van der Waals surface area contributed by atoms with E-state index in [4.69, 9.17) is 24.5 Å². The third-order valence-electron chi connectivity index (χ3n) is 5.58. The number of sulfonamides is 1. The molecule has 0 radical (unpaired) electrons. The first-order valence-electron chi connectivity index (χ1n) is 10.7. The largest absolute Gasteiger partial charge is 0.497 e.